The molecule has 0 aliphatic rings. The summed E-state index contributed by atoms with van der Waals surface area (Å²) in [5.41, 5.74) is 0.763. The van der Waals surface area contributed by atoms with Gasteiger partial charge in [-0.3, -0.25) is 10.1 Å². The summed E-state index contributed by atoms with van der Waals surface area (Å²) < 4.78 is 0. The Hall–Kier alpha value is -1.23. The van der Waals surface area contributed by atoms with Crippen LogP contribution < -0.4 is 5.32 Å². The normalized spacial score (nSPS) is 10.2. The Balaban J connectivity index is 2.34. The van der Waals surface area contributed by atoms with E-state index >= 15 is 0 Å². The fourth-order valence-electron chi connectivity index (χ4n) is 1.55. The summed E-state index contributed by atoms with van der Waals surface area (Å²) in [5, 5.41) is 13.9. The molecule has 1 aromatic rings. The minimum Gasteiger partial charge on any atom is -0.379 e. The van der Waals surface area contributed by atoms with Gasteiger partial charge in [-0.15, -0.1) is 0 Å². The van der Waals surface area contributed by atoms with E-state index in [1.807, 2.05) is 17.8 Å². The van der Waals surface area contributed by atoms with Gasteiger partial charge in [0.05, 0.1) is 4.92 Å². The Morgan fingerprint density at radius 3 is 2.76 bits per heavy atom. The van der Waals surface area contributed by atoms with Crippen molar-refractivity contribution in [2.45, 2.75) is 19.3 Å². The van der Waals surface area contributed by atoms with Gasteiger partial charge in [0.25, 0.3) is 5.69 Å². The Kier molecular flexibility index (Phi) is 6.47. The molecule has 4 nitrogen and oxygen atoms in total. The van der Waals surface area contributed by atoms with E-state index in [2.05, 4.69) is 11.6 Å². The van der Waals surface area contributed by atoms with Gasteiger partial charge in [0, 0.05) is 12.6 Å². The van der Waals surface area contributed by atoms with E-state index in [1.165, 1.54) is 18.2 Å². The van der Waals surface area contributed by atoms with E-state index in [0.717, 1.165) is 19.4 Å². The molecule has 0 bridgehead atoms. The third-order valence-corrected chi connectivity index (χ3v) is 3.14. The summed E-state index contributed by atoms with van der Waals surface area (Å²) in [4.78, 5) is 10.4. The van der Waals surface area contributed by atoms with Gasteiger partial charge >= 0.3 is 0 Å². The van der Waals surface area contributed by atoms with Crippen molar-refractivity contribution in [1.29, 1.82) is 0 Å². The van der Waals surface area contributed by atoms with Crippen LogP contribution in [0.2, 0.25) is 0 Å². The van der Waals surface area contributed by atoms with Gasteiger partial charge in [0.15, 0.2) is 0 Å². The fourth-order valence-corrected chi connectivity index (χ4v) is 2.05. The first-order valence-corrected chi connectivity index (χ1v) is 7.11. The lowest BCUT2D eigenvalue weighted by atomic mass is 10.2. The molecular weight excluding hydrogens is 236 g/mol. The van der Waals surface area contributed by atoms with Gasteiger partial charge in [-0.2, -0.15) is 11.8 Å². The number of nitro benzene ring substituents is 1. The number of unbranched alkanes of at least 4 members (excludes halogenated alkanes) is 2. The largest absolute Gasteiger partial charge is 0.379 e. The number of benzene rings is 1. The Morgan fingerprint density at radius 1 is 1.29 bits per heavy atom. The van der Waals surface area contributed by atoms with E-state index in [0.29, 0.717) is 5.69 Å². The molecule has 0 aliphatic carbocycles. The van der Waals surface area contributed by atoms with Crippen LogP contribution in [0.25, 0.3) is 0 Å². The molecular formula is C12H18N2O2S. The molecule has 0 radical (unpaired) electrons. The van der Waals surface area contributed by atoms with Crippen LogP contribution in [-0.4, -0.2) is 23.5 Å². The molecule has 17 heavy (non-hydrogen) atoms. The second-order valence-corrected chi connectivity index (χ2v) is 4.74. The number of para-hydroxylation sites is 2. The van der Waals surface area contributed by atoms with Gasteiger partial charge in [-0.1, -0.05) is 18.6 Å². The van der Waals surface area contributed by atoms with E-state index in [1.54, 1.807) is 12.1 Å². The molecule has 0 aromatic heterocycles. The highest BCUT2D eigenvalue weighted by Gasteiger charge is 2.10. The average molecular weight is 254 g/mol. The van der Waals surface area contributed by atoms with Crippen LogP contribution in [0, 0.1) is 10.1 Å². The molecule has 0 fully saturated rings. The maximum Gasteiger partial charge on any atom is 0.292 e. The molecule has 0 amide bonds. The Labute approximate surface area is 106 Å². The first kappa shape index (κ1) is 13.8. The lowest BCUT2D eigenvalue weighted by Gasteiger charge is -2.06. The summed E-state index contributed by atoms with van der Waals surface area (Å²) in [6.45, 7) is 0.791. The first-order valence-electron chi connectivity index (χ1n) is 5.72. The molecule has 1 N–H and O–H groups in total. The van der Waals surface area contributed by atoms with Gasteiger partial charge in [-0.05, 0) is 30.9 Å². The lowest BCUT2D eigenvalue weighted by molar-refractivity contribution is -0.384. The lowest BCUT2D eigenvalue weighted by Crippen LogP contribution is -2.04. The van der Waals surface area contributed by atoms with Gasteiger partial charge in [0.1, 0.15) is 5.69 Å². The van der Waals surface area contributed by atoms with Crippen molar-refractivity contribution in [3.63, 3.8) is 0 Å². The molecule has 0 atom stereocenters. The highest BCUT2D eigenvalue weighted by atomic mass is 32.2. The van der Waals surface area contributed by atoms with Crippen LogP contribution in [0.15, 0.2) is 24.3 Å². The topological polar surface area (TPSA) is 55.2 Å². The number of hydrogen-bond donors (Lipinski definition) is 1. The molecule has 0 saturated carbocycles. The van der Waals surface area contributed by atoms with Crippen molar-refractivity contribution in [3.05, 3.63) is 34.4 Å². The van der Waals surface area contributed by atoms with Crippen molar-refractivity contribution in [2.75, 3.05) is 23.9 Å². The van der Waals surface area contributed by atoms with Crippen LogP contribution in [0.1, 0.15) is 19.3 Å². The predicted octanol–water partition coefficient (Wildman–Crippen LogP) is 3.54. The third kappa shape index (κ3) is 5.08. The van der Waals surface area contributed by atoms with Crippen molar-refractivity contribution in [2.24, 2.45) is 0 Å². The summed E-state index contributed by atoms with van der Waals surface area (Å²) >= 11 is 1.85. The SMILES string of the molecule is CSCCCCCNc1ccccc1[N+](=O)[O-]. The zero-order chi connectivity index (χ0) is 12.5. The standard InChI is InChI=1S/C12H18N2O2S/c1-17-10-6-2-5-9-13-11-7-3-4-8-12(11)14(15)16/h3-4,7-8,13H,2,5-6,9-10H2,1H3. The number of anilines is 1. The van der Waals surface area contributed by atoms with Crippen LogP contribution in [0.4, 0.5) is 11.4 Å². The highest BCUT2D eigenvalue weighted by molar-refractivity contribution is 7.98. The smallest absolute Gasteiger partial charge is 0.292 e. The maximum absolute atomic E-state index is 10.8. The van der Waals surface area contributed by atoms with Crippen LogP contribution >= 0.6 is 11.8 Å². The molecule has 1 aromatic carbocycles. The quantitative estimate of drug-likeness (QED) is 0.438. The fraction of sp³-hybridized carbons (Fsp3) is 0.500. The monoisotopic (exact) mass is 254 g/mol. The minimum atomic E-state index is -0.351. The van der Waals surface area contributed by atoms with Crippen LogP contribution in [0.5, 0.6) is 0 Å². The van der Waals surface area contributed by atoms with Crippen LogP contribution in [0.3, 0.4) is 0 Å². The number of hydrogen-bond acceptors (Lipinski definition) is 4. The van der Waals surface area contributed by atoms with E-state index in [9.17, 15) is 10.1 Å². The van der Waals surface area contributed by atoms with E-state index in [-0.39, 0.29) is 10.6 Å². The summed E-state index contributed by atoms with van der Waals surface area (Å²) in [6, 6.07) is 6.76. The highest BCUT2D eigenvalue weighted by Crippen LogP contribution is 2.22. The second kappa shape index (κ2) is 7.95. The average Bonchev–Trinajstić information content (AvgIpc) is 2.34. The summed E-state index contributed by atoms with van der Waals surface area (Å²) in [5.74, 6) is 1.19. The molecule has 0 unspecified atom stereocenters. The van der Waals surface area contributed by atoms with Gasteiger partial charge in [0.2, 0.25) is 0 Å². The number of nitrogens with one attached hydrogen (secondary N) is 1. The molecule has 0 spiro atoms. The second-order valence-electron chi connectivity index (χ2n) is 3.75. The third-order valence-electron chi connectivity index (χ3n) is 2.44. The number of nitrogens with zero attached hydrogens (tertiary/aromatic N) is 1. The number of nitro groups is 1. The van der Waals surface area contributed by atoms with Crippen LogP contribution in [-0.2, 0) is 0 Å². The molecule has 0 heterocycles. The van der Waals surface area contributed by atoms with E-state index in [4.69, 9.17) is 0 Å². The summed E-state index contributed by atoms with van der Waals surface area (Å²) in [7, 11) is 0. The van der Waals surface area contributed by atoms with Gasteiger partial charge in [-0.25, -0.2) is 0 Å². The van der Waals surface area contributed by atoms with Crippen molar-refractivity contribution < 1.29 is 4.92 Å². The molecule has 1 rings (SSSR count). The first-order chi connectivity index (χ1) is 8.25. The Bertz CT molecular complexity index is 358. The van der Waals surface area contributed by atoms with Crippen molar-refractivity contribution >= 4 is 23.1 Å². The molecule has 0 aliphatic heterocycles. The molecule has 0 saturated heterocycles. The number of rotatable bonds is 8. The van der Waals surface area contributed by atoms with Crippen molar-refractivity contribution in [3.8, 4) is 0 Å². The van der Waals surface area contributed by atoms with Gasteiger partial charge < -0.3 is 5.32 Å². The molecule has 94 valence electrons. The molecule has 5 heteroatoms. The maximum atomic E-state index is 10.8. The summed E-state index contributed by atoms with van der Waals surface area (Å²) in [6.07, 6.45) is 5.52. The van der Waals surface area contributed by atoms with Crippen molar-refractivity contribution in [1.82, 2.24) is 0 Å². The number of thioether (sulfide) groups is 1. The Morgan fingerprint density at radius 2 is 2.06 bits per heavy atom. The van der Waals surface area contributed by atoms with E-state index < -0.39 is 0 Å². The zero-order valence-electron chi connectivity index (χ0n) is 10.0. The zero-order valence-corrected chi connectivity index (χ0v) is 10.8. The minimum absolute atomic E-state index is 0.150. The predicted molar refractivity (Wildman–Crippen MR) is 73.8 cm³/mol.